The van der Waals surface area contributed by atoms with Crippen LogP contribution in [0.5, 0.6) is 0 Å². The number of rotatable bonds is 2. The second kappa shape index (κ2) is 10.6. The molecular weight excluding hydrogens is 250 g/mol. The van der Waals surface area contributed by atoms with E-state index in [4.69, 9.17) is 5.11 Å². The van der Waals surface area contributed by atoms with Gasteiger partial charge in [0.25, 0.3) is 0 Å². The van der Waals surface area contributed by atoms with E-state index in [2.05, 4.69) is 25.7 Å². The Morgan fingerprint density at radius 2 is 1.30 bits per heavy atom. The highest BCUT2D eigenvalue weighted by Gasteiger charge is 2.18. The van der Waals surface area contributed by atoms with E-state index in [0.29, 0.717) is 5.41 Å². The number of nitrogens with zero attached hydrogens (tertiary/aromatic N) is 1. The summed E-state index contributed by atoms with van der Waals surface area (Å²) in [6.07, 6.45) is 6.53. The highest BCUT2D eigenvalue weighted by Crippen LogP contribution is 2.20. The van der Waals surface area contributed by atoms with E-state index in [0.717, 1.165) is 38.8 Å². The van der Waals surface area contributed by atoms with Gasteiger partial charge in [-0.2, -0.15) is 0 Å². The zero-order valence-corrected chi connectivity index (χ0v) is 14.4. The fraction of sp³-hybridized carbons (Fsp3) is 1.00. The Labute approximate surface area is 126 Å². The van der Waals surface area contributed by atoms with Crippen LogP contribution in [0.4, 0.5) is 0 Å². The first kappa shape index (κ1) is 19.9. The lowest BCUT2D eigenvalue weighted by atomic mass is 9.92. The maximum Gasteiger partial charge on any atom is 0.0564 e. The quantitative estimate of drug-likeness (QED) is 0.817. The van der Waals surface area contributed by atoms with Gasteiger partial charge in [-0.25, -0.2) is 0 Å². The predicted octanol–water partition coefficient (Wildman–Crippen LogP) is 3.44. The average molecular weight is 287 g/mol. The third-order valence-corrected chi connectivity index (χ3v) is 3.81. The van der Waals surface area contributed by atoms with Gasteiger partial charge in [-0.1, -0.05) is 34.6 Å². The normalized spacial score (nSPS) is 21.1. The molecule has 0 spiro atoms. The molecule has 0 bridgehead atoms. The van der Waals surface area contributed by atoms with Crippen molar-refractivity contribution in [3.8, 4) is 0 Å². The SMILES string of the molecule is CC.CC(C)(C)CCN1CCC(O)CC1.OC1CCC1. The van der Waals surface area contributed by atoms with Crippen LogP contribution in [0.15, 0.2) is 0 Å². The lowest BCUT2D eigenvalue weighted by molar-refractivity contribution is 0.0774. The summed E-state index contributed by atoms with van der Waals surface area (Å²) in [7, 11) is 0. The Balaban J connectivity index is 0.000000427. The van der Waals surface area contributed by atoms with Gasteiger partial charge in [-0.15, -0.1) is 0 Å². The summed E-state index contributed by atoms with van der Waals surface area (Å²) in [6, 6.07) is 0. The molecule has 2 aliphatic rings. The third kappa shape index (κ3) is 10.6. The van der Waals surface area contributed by atoms with Crippen molar-refractivity contribution >= 4 is 0 Å². The maximum absolute atomic E-state index is 9.33. The van der Waals surface area contributed by atoms with Crippen molar-refractivity contribution in [1.82, 2.24) is 4.90 Å². The van der Waals surface area contributed by atoms with Crippen molar-refractivity contribution in [3.63, 3.8) is 0 Å². The van der Waals surface area contributed by atoms with Crippen LogP contribution in [0.25, 0.3) is 0 Å². The van der Waals surface area contributed by atoms with E-state index in [-0.39, 0.29) is 12.2 Å². The standard InChI is InChI=1S/C11H23NO.C4H8O.C2H6/c1-11(2,3)6-9-12-7-4-10(13)5-8-12;5-4-2-1-3-4;1-2/h10,13H,4-9H2,1-3H3;4-5H,1-3H2;1-2H3. The van der Waals surface area contributed by atoms with E-state index in [1.807, 2.05) is 13.8 Å². The average Bonchev–Trinajstić information content (AvgIpc) is 2.38. The van der Waals surface area contributed by atoms with Crippen LogP contribution in [-0.2, 0) is 0 Å². The fourth-order valence-electron chi connectivity index (χ4n) is 2.02. The van der Waals surface area contributed by atoms with Crippen LogP contribution in [0.3, 0.4) is 0 Å². The van der Waals surface area contributed by atoms with Crippen molar-refractivity contribution < 1.29 is 10.2 Å². The molecule has 0 unspecified atom stereocenters. The summed E-state index contributed by atoms with van der Waals surface area (Å²) in [5.41, 5.74) is 0.441. The number of hydrogen-bond donors (Lipinski definition) is 2. The maximum atomic E-state index is 9.33. The van der Waals surface area contributed by atoms with Crippen molar-refractivity contribution in [2.45, 2.75) is 85.4 Å². The minimum atomic E-state index is -0.0362. The molecular formula is C17H37NO2. The number of hydrogen-bond acceptors (Lipinski definition) is 3. The summed E-state index contributed by atoms with van der Waals surface area (Å²) >= 11 is 0. The van der Waals surface area contributed by atoms with Crippen LogP contribution in [-0.4, -0.2) is 47.0 Å². The van der Waals surface area contributed by atoms with Crippen LogP contribution >= 0.6 is 0 Å². The van der Waals surface area contributed by atoms with E-state index in [1.165, 1.54) is 19.4 Å². The minimum absolute atomic E-state index is 0.0362. The Kier molecular flexibility index (Phi) is 10.5. The minimum Gasteiger partial charge on any atom is -0.393 e. The molecule has 0 aromatic heterocycles. The van der Waals surface area contributed by atoms with Crippen molar-refractivity contribution in [2.75, 3.05) is 19.6 Å². The molecule has 20 heavy (non-hydrogen) atoms. The highest BCUT2D eigenvalue weighted by molar-refractivity contribution is 4.73. The molecule has 0 radical (unpaired) electrons. The van der Waals surface area contributed by atoms with Gasteiger partial charge in [0.2, 0.25) is 0 Å². The molecule has 2 fully saturated rings. The molecule has 2 rings (SSSR count). The number of aliphatic hydroxyl groups excluding tert-OH is 2. The van der Waals surface area contributed by atoms with Gasteiger partial charge < -0.3 is 15.1 Å². The van der Waals surface area contributed by atoms with Crippen LogP contribution < -0.4 is 0 Å². The molecule has 3 heteroatoms. The Hall–Kier alpha value is -0.120. The highest BCUT2D eigenvalue weighted by atomic mass is 16.3. The zero-order chi connectivity index (χ0) is 15.6. The molecule has 0 aromatic carbocycles. The zero-order valence-electron chi connectivity index (χ0n) is 14.4. The molecule has 3 nitrogen and oxygen atoms in total. The van der Waals surface area contributed by atoms with Crippen molar-refractivity contribution in [1.29, 1.82) is 0 Å². The summed E-state index contributed by atoms with van der Waals surface area (Å²) in [5.74, 6) is 0. The van der Waals surface area contributed by atoms with Gasteiger partial charge in [-0.3, -0.25) is 0 Å². The molecule has 1 aliphatic carbocycles. The number of likely N-dealkylation sites (tertiary alicyclic amines) is 1. The molecule has 0 amide bonds. The predicted molar refractivity (Wildman–Crippen MR) is 87.0 cm³/mol. The second-order valence-corrected chi connectivity index (χ2v) is 6.97. The molecule has 1 saturated heterocycles. The van der Waals surface area contributed by atoms with Crippen molar-refractivity contribution in [3.05, 3.63) is 0 Å². The second-order valence-electron chi connectivity index (χ2n) is 6.97. The molecule has 2 N–H and O–H groups in total. The number of piperidine rings is 1. The fourth-order valence-corrected chi connectivity index (χ4v) is 2.02. The topological polar surface area (TPSA) is 43.7 Å². The van der Waals surface area contributed by atoms with Crippen LogP contribution in [0.1, 0.15) is 73.1 Å². The van der Waals surface area contributed by atoms with E-state index in [9.17, 15) is 5.11 Å². The monoisotopic (exact) mass is 287 g/mol. The Bertz CT molecular complexity index is 214. The van der Waals surface area contributed by atoms with E-state index < -0.39 is 0 Å². The lowest BCUT2D eigenvalue weighted by Crippen LogP contribution is -2.37. The van der Waals surface area contributed by atoms with Gasteiger partial charge in [0.05, 0.1) is 12.2 Å². The summed E-state index contributed by atoms with van der Waals surface area (Å²) in [4.78, 5) is 2.47. The molecule has 0 atom stereocenters. The molecule has 1 heterocycles. The first-order chi connectivity index (χ1) is 9.37. The van der Waals surface area contributed by atoms with Crippen molar-refractivity contribution in [2.24, 2.45) is 5.41 Å². The van der Waals surface area contributed by atoms with E-state index in [1.54, 1.807) is 0 Å². The molecule has 122 valence electrons. The third-order valence-electron chi connectivity index (χ3n) is 3.81. The number of aliphatic hydroxyl groups is 2. The largest absolute Gasteiger partial charge is 0.393 e. The summed E-state index contributed by atoms with van der Waals surface area (Å²) in [6.45, 7) is 14.2. The molecule has 0 aromatic rings. The Morgan fingerprint density at radius 3 is 1.60 bits per heavy atom. The smallest absolute Gasteiger partial charge is 0.0564 e. The lowest BCUT2D eigenvalue weighted by Gasteiger charge is -2.31. The van der Waals surface area contributed by atoms with E-state index >= 15 is 0 Å². The molecule has 1 aliphatic heterocycles. The van der Waals surface area contributed by atoms with Gasteiger partial charge in [0, 0.05) is 13.1 Å². The van der Waals surface area contributed by atoms with Gasteiger partial charge in [-0.05, 0) is 50.5 Å². The first-order valence-corrected chi connectivity index (χ1v) is 8.45. The summed E-state index contributed by atoms with van der Waals surface area (Å²) < 4.78 is 0. The molecule has 1 saturated carbocycles. The van der Waals surface area contributed by atoms with Gasteiger partial charge in [0.1, 0.15) is 0 Å². The van der Waals surface area contributed by atoms with Gasteiger partial charge >= 0.3 is 0 Å². The summed E-state index contributed by atoms with van der Waals surface area (Å²) in [5, 5.41) is 17.8. The first-order valence-electron chi connectivity index (χ1n) is 8.45. The van der Waals surface area contributed by atoms with Crippen LogP contribution in [0.2, 0.25) is 0 Å². The van der Waals surface area contributed by atoms with Gasteiger partial charge in [0.15, 0.2) is 0 Å². The van der Waals surface area contributed by atoms with Crippen LogP contribution in [0, 0.1) is 5.41 Å². The Morgan fingerprint density at radius 1 is 0.900 bits per heavy atom.